The largest absolute Gasteiger partial charge is 0.393 e. The molecule has 0 bridgehead atoms. The molecule has 1 aromatic rings. The van der Waals surface area contributed by atoms with Crippen molar-refractivity contribution in [3.8, 4) is 0 Å². The third-order valence-corrected chi connectivity index (χ3v) is 4.41. The van der Waals surface area contributed by atoms with E-state index in [9.17, 15) is 9.50 Å². The Morgan fingerprint density at radius 1 is 1.38 bits per heavy atom. The van der Waals surface area contributed by atoms with Gasteiger partial charge in [0, 0.05) is 25.8 Å². The van der Waals surface area contributed by atoms with Crippen LogP contribution in [0.25, 0.3) is 0 Å². The zero-order valence-electron chi connectivity index (χ0n) is 13.3. The summed E-state index contributed by atoms with van der Waals surface area (Å²) >= 11 is 0. The molecule has 3 nitrogen and oxygen atoms in total. The van der Waals surface area contributed by atoms with E-state index in [0.717, 1.165) is 37.1 Å². The lowest BCUT2D eigenvalue weighted by Crippen LogP contribution is -2.31. The predicted octanol–water partition coefficient (Wildman–Crippen LogP) is 3.09. The van der Waals surface area contributed by atoms with Crippen LogP contribution >= 0.6 is 0 Å². The van der Waals surface area contributed by atoms with Crippen molar-refractivity contribution in [2.45, 2.75) is 44.8 Å². The molecular weight excluding hydrogens is 267 g/mol. The molecule has 1 aromatic carbocycles. The standard InChI is InChI=1S/C17H27FN2O/c1-12(19-11-13-5-4-6-15(21)9-13)16-8-7-14(18)10-17(16)20(2)3/h7-8,10,12-13,15,19,21H,4-6,9,11H2,1-3H3. The summed E-state index contributed by atoms with van der Waals surface area (Å²) in [5.74, 6) is 0.338. The quantitative estimate of drug-likeness (QED) is 0.876. The number of nitrogens with zero attached hydrogens (tertiary/aromatic N) is 1. The van der Waals surface area contributed by atoms with E-state index in [1.54, 1.807) is 6.07 Å². The maximum Gasteiger partial charge on any atom is 0.125 e. The number of aliphatic hydroxyl groups is 1. The second-order valence-corrected chi connectivity index (χ2v) is 6.41. The van der Waals surface area contributed by atoms with Gasteiger partial charge in [0.05, 0.1) is 6.10 Å². The lowest BCUT2D eigenvalue weighted by atomic mass is 9.87. The number of hydrogen-bond donors (Lipinski definition) is 2. The highest BCUT2D eigenvalue weighted by molar-refractivity contribution is 5.54. The predicted molar refractivity (Wildman–Crippen MR) is 85.1 cm³/mol. The van der Waals surface area contributed by atoms with Gasteiger partial charge in [-0.2, -0.15) is 0 Å². The first-order valence-electron chi connectivity index (χ1n) is 7.85. The number of benzene rings is 1. The van der Waals surface area contributed by atoms with E-state index >= 15 is 0 Å². The molecule has 0 amide bonds. The molecule has 3 unspecified atom stereocenters. The summed E-state index contributed by atoms with van der Waals surface area (Å²) in [5, 5.41) is 13.3. The molecule has 0 radical (unpaired) electrons. The molecule has 2 rings (SSSR count). The van der Waals surface area contributed by atoms with Crippen LogP contribution in [0.15, 0.2) is 18.2 Å². The van der Waals surface area contributed by atoms with Crippen LogP contribution in [0.3, 0.4) is 0 Å². The minimum Gasteiger partial charge on any atom is -0.393 e. The molecule has 0 aromatic heterocycles. The first kappa shape index (κ1) is 16.2. The minimum absolute atomic E-state index is 0.135. The molecule has 0 spiro atoms. The number of hydrogen-bond acceptors (Lipinski definition) is 3. The summed E-state index contributed by atoms with van der Waals surface area (Å²) in [5.41, 5.74) is 2.02. The average molecular weight is 294 g/mol. The van der Waals surface area contributed by atoms with Crippen molar-refractivity contribution in [2.24, 2.45) is 5.92 Å². The molecule has 1 aliphatic rings. The first-order valence-corrected chi connectivity index (χ1v) is 7.85. The molecule has 0 heterocycles. The summed E-state index contributed by atoms with van der Waals surface area (Å²) in [6.45, 7) is 3.02. The van der Waals surface area contributed by atoms with Gasteiger partial charge in [0.2, 0.25) is 0 Å². The first-order chi connectivity index (χ1) is 9.97. The van der Waals surface area contributed by atoms with Crippen LogP contribution in [0.5, 0.6) is 0 Å². The van der Waals surface area contributed by atoms with Crippen molar-refractivity contribution in [1.82, 2.24) is 5.32 Å². The van der Waals surface area contributed by atoms with Gasteiger partial charge in [-0.3, -0.25) is 0 Å². The highest BCUT2D eigenvalue weighted by Gasteiger charge is 2.21. The highest BCUT2D eigenvalue weighted by atomic mass is 19.1. The Hall–Kier alpha value is -1.13. The second-order valence-electron chi connectivity index (χ2n) is 6.41. The van der Waals surface area contributed by atoms with E-state index in [2.05, 4.69) is 12.2 Å². The Bertz CT molecular complexity index is 464. The van der Waals surface area contributed by atoms with Gasteiger partial charge in [-0.25, -0.2) is 4.39 Å². The summed E-state index contributed by atoms with van der Waals surface area (Å²) in [7, 11) is 3.87. The van der Waals surface area contributed by atoms with E-state index in [-0.39, 0.29) is 18.0 Å². The number of halogens is 1. The third kappa shape index (κ3) is 4.42. The lowest BCUT2D eigenvalue weighted by Gasteiger charge is -2.28. The lowest BCUT2D eigenvalue weighted by molar-refractivity contribution is 0.0998. The van der Waals surface area contributed by atoms with E-state index < -0.39 is 0 Å². The van der Waals surface area contributed by atoms with Gasteiger partial charge in [-0.1, -0.05) is 12.5 Å². The number of rotatable bonds is 5. The summed E-state index contributed by atoms with van der Waals surface area (Å²) in [4.78, 5) is 1.95. The van der Waals surface area contributed by atoms with E-state index in [1.165, 1.54) is 12.5 Å². The van der Waals surface area contributed by atoms with Crippen LogP contribution in [0.4, 0.5) is 10.1 Å². The second kappa shape index (κ2) is 7.23. The van der Waals surface area contributed by atoms with Gasteiger partial charge in [0.1, 0.15) is 5.82 Å². The monoisotopic (exact) mass is 294 g/mol. The number of nitrogens with one attached hydrogen (secondary N) is 1. The molecule has 1 aliphatic carbocycles. The maximum atomic E-state index is 13.4. The summed E-state index contributed by atoms with van der Waals surface area (Å²) in [6, 6.07) is 5.13. The Balaban J connectivity index is 1.98. The summed E-state index contributed by atoms with van der Waals surface area (Å²) in [6.07, 6.45) is 3.99. The third-order valence-electron chi connectivity index (χ3n) is 4.41. The van der Waals surface area contributed by atoms with Crippen LogP contribution in [0.2, 0.25) is 0 Å². The van der Waals surface area contributed by atoms with Crippen LogP contribution in [-0.4, -0.2) is 31.9 Å². The fourth-order valence-corrected chi connectivity index (χ4v) is 3.17. The Kier molecular flexibility index (Phi) is 5.59. The number of anilines is 1. The van der Waals surface area contributed by atoms with Gasteiger partial charge in [0.25, 0.3) is 0 Å². The fourth-order valence-electron chi connectivity index (χ4n) is 3.17. The zero-order chi connectivity index (χ0) is 15.4. The molecule has 0 saturated heterocycles. The molecule has 3 atom stereocenters. The molecule has 4 heteroatoms. The smallest absolute Gasteiger partial charge is 0.125 e. The maximum absolute atomic E-state index is 13.4. The van der Waals surface area contributed by atoms with E-state index in [4.69, 9.17) is 0 Å². The zero-order valence-corrected chi connectivity index (χ0v) is 13.3. The van der Waals surface area contributed by atoms with Crippen molar-refractivity contribution in [1.29, 1.82) is 0 Å². The van der Waals surface area contributed by atoms with E-state index in [0.29, 0.717) is 5.92 Å². The average Bonchev–Trinajstić information content (AvgIpc) is 2.44. The molecule has 2 N–H and O–H groups in total. The van der Waals surface area contributed by atoms with Gasteiger partial charge >= 0.3 is 0 Å². The van der Waals surface area contributed by atoms with Crippen molar-refractivity contribution >= 4 is 5.69 Å². The van der Waals surface area contributed by atoms with E-state index in [1.807, 2.05) is 25.1 Å². The molecule has 1 fully saturated rings. The van der Waals surface area contributed by atoms with Crippen LogP contribution < -0.4 is 10.2 Å². The Morgan fingerprint density at radius 2 is 2.14 bits per heavy atom. The van der Waals surface area contributed by atoms with Crippen LogP contribution in [0.1, 0.15) is 44.2 Å². The summed E-state index contributed by atoms with van der Waals surface area (Å²) < 4.78 is 13.4. The normalized spacial score (nSPS) is 23.9. The Labute approximate surface area is 127 Å². The van der Waals surface area contributed by atoms with Crippen molar-refractivity contribution in [3.05, 3.63) is 29.6 Å². The van der Waals surface area contributed by atoms with Gasteiger partial charge < -0.3 is 15.3 Å². The van der Waals surface area contributed by atoms with Crippen LogP contribution in [-0.2, 0) is 0 Å². The van der Waals surface area contributed by atoms with Gasteiger partial charge in [-0.05, 0) is 56.3 Å². The van der Waals surface area contributed by atoms with Crippen molar-refractivity contribution in [3.63, 3.8) is 0 Å². The SMILES string of the molecule is CC(NCC1CCCC(O)C1)c1ccc(F)cc1N(C)C. The number of aliphatic hydroxyl groups excluding tert-OH is 1. The molecule has 1 saturated carbocycles. The van der Waals surface area contributed by atoms with Crippen molar-refractivity contribution < 1.29 is 9.50 Å². The molecular formula is C17H27FN2O. The van der Waals surface area contributed by atoms with Gasteiger partial charge in [0.15, 0.2) is 0 Å². The minimum atomic E-state index is -0.204. The van der Waals surface area contributed by atoms with Crippen LogP contribution in [0, 0.1) is 11.7 Å². The Morgan fingerprint density at radius 3 is 2.81 bits per heavy atom. The van der Waals surface area contributed by atoms with Crippen molar-refractivity contribution in [2.75, 3.05) is 25.5 Å². The molecule has 0 aliphatic heterocycles. The highest BCUT2D eigenvalue weighted by Crippen LogP contribution is 2.28. The fraction of sp³-hybridized carbons (Fsp3) is 0.647. The molecule has 21 heavy (non-hydrogen) atoms. The topological polar surface area (TPSA) is 35.5 Å². The van der Waals surface area contributed by atoms with Gasteiger partial charge in [-0.15, -0.1) is 0 Å². The molecule has 118 valence electrons.